The molecule has 1 aromatic carbocycles. The first kappa shape index (κ1) is 14.7. The summed E-state index contributed by atoms with van der Waals surface area (Å²) >= 11 is 1.45. The molecule has 0 spiro atoms. The van der Waals surface area contributed by atoms with Gasteiger partial charge in [0.2, 0.25) is 11.0 Å². The third kappa shape index (κ3) is 3.51. The summed E-state index contributed by atoms with van der Waals surface area (Å²) in [6.45, 7) is 2.00. The van der Waals surface area contributed by atoms with Crippen molar-refractivity contribution in [1.82, 2.24) is 10.2 Å². The fraction of sp³-hybridized carbons (Fsp3) is 0.312. The zero-order chi connectivity index (χ0) is 15.5. The molecule has 0 aliphatic heterocycles. The van der Waals surface area contributed by atoms with Crippen LogP contribution in [0, 0.1) is 6.92 Å². The molecule has 114 valence electrons. The predicted octanol–water partition coefficient (Wildman–Crippen LogP) is 3.38. The van der Waals surface area contributed by atoms with Crippen LogP contribution in [-0.4, -0.2) is 23.2 Å². The van der Waals surface area contributed by atoms with Gasteiger partial charge in [-0.2, -0.15) is 0 Å². The number of hydrogen-bond acceptors (Lipinski definition) is 5. The van der Waals surface area contributed by atoms with E-state index in [1.54, 1.807) is 13.2 Å². The maximum absolute atomic E-state index is 12.0. The number of nitrogens with zero attached hydrogens (tertiary/aromatic N) is 2. The second-order valence-electron chi connectivity index (χ2n) is 5.29. The Bertz CT molecular complexity index is 720. The van der Waals surface area contributed by atoms with E-state index in [-0.39, 0.29) is 5.91 Å². The Hall–Kier alpha value is -2.21. The van der Waals surface area contributed by atoms with E-state index < -0.39 is 0 Å². The summed E-state index contributed by atoms with van der Waals surface area (Å²) in [5, 5.41) is 12.4. The summed E-state index contributed by atoms with van der Waals surface area (Å²) in [7, 11) is 1.61. The molecule has 6 heteroatoms. The van der Waals surface area contributed by atoms with Crippen LogP contribution in [0.5, 0.6) is 5.75 Å². The Kier molecular flexibility index (Phi) is 4.20. The molecule has 0 radical (unpaired) electrons. The first-order chi connectivity index (χ1) is 10.7. The Balaban J connectivity index is 1.66. The Morgan fingerprint density at radius 2 is 2.23 bits per heavy atom. The molecule has 0 atom stereocenters. The lowest BCUT2D eigenvalue weighted by Crippen LogP contribution is -2.07. The van der Waals surface area contributed by atoms with Gasteiger partial charge in [0, 0.05) is 17.6 Å². The molecule has 1 aromatic heterocycles. The molecule has 1 amide bonds. The topological polar surface area (TPSA) is 64.1 Å². The van der Waals surface area contributed by atoms with Crippen molar-refractivity contribution in [2.24, 2.45) is 0 Å². The Morgan fingerprint density at radius 1 is 1.41 bits per heavy atom. The monoisotopic (exact) mass is 315 g/mol. The summed E-state index contributed by atoms with van der Waals surface area (Å²) < 4.78 is 5.28. The van der Waals surface area contributed by atoms with E-state index in [4.69, 9.17) is 4.74 Å². The fourth-order valence-corrected chi connectivity index (χ4v) is 2.99. The minimum atomic E-state index is -0.220. The SMILES string of the molecule is COc1ccc(C)cc1C=CC(=O)Nc1nnc(C2CC2)s1. The second-order valence-corrected chi connectivity index (χ2v) is 6.30. The van der Waals surface area contributed by atoms with Crippen molar-refractivity contribution in [2.75, 3.05) is 12.4 Å². The van der Waals surface area contributed by atoms with Gasteiger partial charge in [-0.1, -0.05) is 23.0 Å². The molecule has 1 heterocycles. The van der Waals surface area contributed by atoms with E-state index in [1.807, 2.05) is 25.1 Å². The summed E-state index contributed by atoms with van der Waals surface area (Å²) in [5.41, 5.74) is 1.98. The molecular formula is C16H17N3O2S. The van der Waals surface area contributed by atoms with Gasteiger partial charge in [0.15, 0.2) is 0 Å². The van der Waals surface area contributed by atoms with E-state index in [1.165, 1.54) is 30.3 Å². The number of carbonyl (C=O) groups excluding carboxylic acids is 1. The number of amides is 1. The highest BCUT2D eigenvalue weighted by Gasteiger charge is 2.27. The first-order valence-corrected chi connectivity index (χ1v) is 7.94. The van der Waals surface area contributed by atoms with Crippen molar-refractivity contribution in [3.8, 4) is 5.75 Å². The fourth-order valence-electron chi connectivity index (χ4n) is 2.08. The highest BCUT2D eigenvalue weighted by molar-refractivity contribution is 7.15. The van der Waals surface area contributed by atoms with Crippen LogP contribution >= 0.6 is 11.3 Å². The van der Waals surface area contributed by atoms with Gasteiger partial charge in [-0.05, 0) is 38.0 Å². The zero-order valence-electron chi connectivity index (χ0n) is 12.5. The van der Waals surface area contributed by atoms with Crippen LogP contribution in [0.25, 0.3) is 6.08 Å². The number of ether oxygens (including phenoxy) is 1. The lowest BCUT2D eigenvalue weighted by Gasteiger charge is -2.05. The highest BCUT2D eigenvalue weighted by Crippen LogP contribution is 2.42. The van der Waals surface area contributed by atoms with Gasteiger partial charge in [0.1, 0.15) is 10.8 Å². The summed E-state index contributed by atoms with van der Waals surface area (Å²) in [4.78, 5) is 12.0. The maximum atomic E-state index is 12.0. The average molecular weight is 315 g/mol. The highest BCUT2D eigenvalue weighted by atomic mass is 32.1. The van der Waals surface area contributed by atoms with Crippen LogP contribution in [0.4, 0.5) is 5.13 Å². The molecular weight excluding hydrogens is 298 g/mol. The van der Waals surface area contributed by atoms with Crippen molar-refractivity contribution in [2.45, 2.75) is 25.7 Å². The lowest BCUT2D eigenvalue weighted by atomic mass is 10.1. The Labute approximate surface area is 133 Å². The molecule has 0 bridgehead atoms. The zero-order valence-corrected chi connectivity index (χ0v) is 13.3. The number of aromatic nitrogens is 2. The van der Waals surface area contributed by atoms with Crippen LogP contribution in [0.2, 0.25) is 0 Å². The molecule has 0 unspecified atom stereocenters. The van der Waals surface area contributed by atoms with Gasteiger partial charge in [-0.15, -0.1) is 10.2 Å². The van der Waals surface area contributed by atoms with Gasteiger partial charge in [-0.25, -0.2) is 0 Å². The molecule has 1 fully saturated rings. The van der Waals surface area contributed by atoms with Crippen molar-refractivity contribution < 1.29 is 9.53 Å². The molecule has 1 saturated carbocycles. The van der Waals surface area contributed by atoms with E-state index in [0.717, 1.165) is 21.9 Å². The molecule has 0 saturated heterocycles. The van der Waals surface area contributed by atoms with Gasteiger partial charge < -0.3 is 4.74 Å². The third-order valence-corrected chi connectivity index (χ3v) is 4.40. The van der Waals surface area contributed by atoms with E-state index in [9.17, 15) is 4.79 Å². The van der Waals surface area contributed by atoms with Gasteiger partial charge in [0.05, 0.1) is 7.11 Å². The minimum Gasteiger partial charge on any atom is -0.496 e. The average Bonchev–Trinajstić information content (AvgIpc) is 3.26. The quantitative estimate of drug-likeness (QED) is 0.859. The molecule has 22 heavy (non-hydrogen) atoms. The molecule has 5 nitrogen and oxygen atoms in total. The number of methoxy groups -OCH3 is 1. The van der Waals surface area contributed by atoms with Crippen LogP contribution in [0.3, 0.4) is 0 Å². The number of benzene rings is 1. The van der Waals surface area contributed by atoms with E-state index in [0.29, 0.717) is 11.0 Å². The van der Waals surface area contributed by atoms with Gasteiger partial charge >= 0.3 is 0 Å². The third-order valence-electron chi connectivity index (χ3n) is 3.40. The number of hydrogen-bond donors (Lipinski definition) is 1. The van der Waals surface area contributed by atoms with Crippen LogP contribution in [0.1, 0.15) is 34.9 Å². The predicted molar refractivity (Wildman–Crippen MR) is 87.3 cm³/mol. The second kappa shape index (κ2) is 6.27. The smallest absolute Gasteiger partial charge is 0.250 e. The maximum Gasteiger partial charge on any atom is 0.250 e. The van der Waals surface area contributed by atoms with Crippen LogP contribution in [0.15, 0.2) is 24.3 Å². The largest absolute Gasteiger partial charge is 0.496 e. The summed E-state index contributed by atoms with van der Waals surface area (Å²) in [6.07, 6.45) is 5.57. The summed E-state index contributed by atoms with van der Waals surface area (Å²) in [5.74, 6) is 1.07. The van der Waals surface area contributed by atoms with Crippen molar-refractivity contribution >= 4 is 28.5 Å². The molecule has 1 aliphatic rings. The lowest BCUT2D eigenvalue weighted by molar-refractivity contribution is -0.111. The van der Waals surface area contributed by atoms with Gasteiger partial charge in [0.25, 0.3) is 0 Å². The number of nitrogens with one attached hydrogen (secondary N) is 1. The standard InChI is InChI=1S/C16H17N3O2S/c1-10-3-7-13(21-2)12(9-10)6-8-14(20)17-16-19-18-15(22-16)11-4-5-11/h3,6-9,11H,4-5H2,1-2H3,(H,17,19,20). The normalized spacial score (nSPS) is 14.3. The first-order valence-electron chi connectivity index (χ1n) is 7.13. The number of anilines is 1. The van der Waals surface area contributed by atoms with Gasteiger partial charge in [-0.3, -0.25) is 10.1 Å². The van der Waals surface area contributed by atoms with Crippen molar-refractivity contribution in [3.63, 3.8) is 0 Å². The Morgan fingerprint density at radius 3 is 2.95 bits per heavy atom. The number of aryl methyl sites for hydroxylation is 1. The summed E-state index contributed by atoms with van der Waals surface area (Å²) in [6, 6.07) is 5.83. The van der Waals surface area contributed by atoms with Crippen LogP contribution in [-0.2, 0) is 4.79 Å². The molecule has 2 aromatic rings. The molecule has 3 rings (SSSR count). The van der Waals surface area contributed by atoms with Crippen molar-refractivity contribution in [3.05, 3.63) is 40.4 Å². The van der Waals surface area contributed by atoms with E-state index in [2.05, 4.69) is 15.5 Å². The molecule has 1 aliphatic carbocycles. The van der Waals surface area contributed by atoms with Crippen molar-refractivity contribution in [1.29, 1.82) is 0 Å². The van der Waals surface area contributed by atoms with Crippen LogP contribution < -0.4 is 10.1 Å². The van der Waals surface area contributed by atoms with E-state index >= 15 is 0 Å². The molecule has 1 N–H and O–H groups in total. The number of carbonyl (C=O) groups is 1. The minimum absolute atomic E-state index is 0.220. The number of rotatable bonds is 5.